The van der Waals surface area contributed by atoms with Gasteiger partial charge in [-0.2, -0.15) is 0 Å². The van der Waals surface area contributed by atoms with Crippen LogP contribution in [0.25, 0.3) is 11.1 Å². The summed E-state index contributed by atoms with van der Waals surface area (Å²) in [5.74, 6) is 1.07. The average molecular weight is 286 g/mol. The number of nitrogens with zero attached hydrogens (tertiary/aromatic N) is 2. The Morgan fingerprint density at radius 1 is 1.00 bits per heavy atom. The van der Waals surface area contributed by atoms with E-state index in [2.05, 4.69) is 16.0 Å². The molecule has 0 aliphatic carbocycles. The molecule has 0 aromatic carbocycles. The standard InChI is InChI=1S/C16H18N2OS/c19-11-3-1-2-4-12-20-16-7-10-18-13-15(16)14-5-8-17-9-6-14/h5-11,13H,1-4,12H2. The molecule has 2 heterocycles. The molecule has 0 radical (unpaired) electrons. The van der Waals surface area contributed by atoms with Gasteiger partial charge in [0.25, 0.3) is 0 Å². The van der Waals surface area contributed by atoms with Crippen molar-refractivity contribution < 1.29 is 4.79 Å². The van der Waals surface area contributed by atoms with Gasteiger partial charge in [-0.15, -0.1) is 11.8 Å². The maximum Gasteiger partial charge on any atom is 0.119 e. The van der Waals surface area contributed by atoms with E-state index >= 15 is 0 Å². The number of unbranched alkanes of at least 4 members (excludes halogenated alkanes) is 3. The minimum atomic E-state index is 0.683. The Balaban J connectivity index is 1.93. The Kier molecular flexibility index (Phi) is 6.24. The van der Waals surface area contributed by atoms with Crippen LogP contribution in [0.2, 0.25) is 0 Å². The highest BCUT2D eigenvalue weighted by molar-refractivity contribution is 7.99. The van der Waals surface area contributed by atoms with Crippen molar-refractivity contribution in [1.82, 2.24) is 9.97 Å². The molecule has 0 atom stereocenters. The zero-order valence-electron chi connectivity index (χ0n) is 11.4. The van der Waals surface area contributed by atoms with Gasteiger partial charge < -0.3 is 4.79 Å². The number of aromatic nitrogens is 2. The molecule has 2 rings (SSSR count). The van der Waals surface area contributed by atoms with E-state index in [1.807, 2.05) is 36.3 Å². The van der Waals surface area contributed by atoms with Crippen LogP contribution < -0.4 is 0 Å². The summed E-state index contributed by atoms with van der Waals surface area (Å²) in [6, 6.07) is 6.07. The zero-order valence-corrected chi connectivity index (χ0v) is 12.2. The monoisotopic (exact) mass is 286 g/mol. The van der Waals surface area contributed by atoms with E-state index in [9.17, 15) is 4.79 Å². The molecule has 0 N–H and O–H groups in total. The van der Waals surface area contributed by atoms with Crippen LogP contribution in [0.5, 0.6) is 0 Å². The fourth-order valence-electron chi connectivity index (χ4n) is 1.94. The maximum absolute atomic E-state index is 10.2. The van der Waals surface area contributed by atoms with E-state index < -0.39 is 0 Å². The first-order chi connectivity index (χ1) is 9.92. The third-order valence-corrected chi connectivity index (χ3v) is 4.16. The van der Waals surface area contributed by atoms with E-state index in [1.165, 1.54) is 4.90 Å². The molecule has 0 saturated heterocycles. The molecule has 0 aliphatic rings. The smallest absolute Gasteiger partial charge is 0.119 e. The molecule has 0 spiro atoms. The molecule has 2 aromatic heterocycles. The number of thioether (sulfide) groups is 1. The molecule has 2 aromatic rings. The lowest BCUT2D eigenvalue weighted by Crippen LogP contribution is -1.87. The number of rotatable bonds is 8. The summed E-state index contributed by atoms with van der Waals surface area (Å²) in [6.45, 7) is 0. The van der Waals surface area contributed by atoms with Gasteiger partial charge in [0.2, 0.25) is 0 Å². The topological polar surface area (TPSA) is 42.9 Å². The SMILES string of the molecule is O=CCCCCCSc1ccncc1-c1ccncc1. The highest BCUT2D eigenvalue weighted by Gasteiger charge is 2.05. The van der Waals surface area contributed by atoms with E-state index in [0.717, 1.165) is 42.4 Å². The molecular weight excluding hydrogens is 268 g/mol. The highest BCUT2D eigenvalue weighted by atomic mass is 32.2. The van der Waals surface area contributed by atoms with Gasteiger partial charge in [0.1, 0.15) is 6.29 Å². The lowest BCUT2D eigenvalue weighted by atomic mass is 10.1. The third kappa shape index (κ3) is 4.46. The average Bonchev–Trinajstić information content (AvgIpc) is 2.52. The predicted octanol–water partition coefficient (Wildman–Crippen LogP) is 4.00. The Hall–Kier alpha value is -1.68. The van der Waals surface area contributed by atoms with Crippen LogP contribution in [-0.4, -0.2) is 22.0 Å². The van der Waals surface area contributed by atoms with Gasteiger partial charge in [0.15, 0.2) is 0 Å². The van der Waals surface area contributed by atoms with Crippen molar-refractivity contribution in [2.45, 2.75) is 30.6 Å². The van der Waals surface area contributed by atoms with Crippen LogP contribution in [0, 0.1) is 0 Å². The molecule has 0 amide bonds. The summed E-state index contributed by atoms with van der Waals surface area (Å²) in [4.78, 5) is 19.8. The Morgan fingerprint density at radius 2 is 1.80 bits per heavy atom. The second kappa shape index (κ2) is 8.48. The molecule has 104 valence electrons. The maximum atomic E-state index is 10.2. The van der Waals surface area contributed by atoms with Gasteiger partial charge in [-0.25, -0.2) is 0 Å². The number of carbonyl (C=O) groups is 1. The largest absolute Gasteiger partial charge is 0.303 e. The van der Waals surface area contributed by atoms with Crippen molar-refractivity contribution in [2.75, 3.05) is 5.75 Å². The van der Waals surface area contributed by atoms with Crippen LogP contribution >= 0.6 is 11.8 Å². The fourth-order valence-corrected chi connectivity index (χ4v) is 3.00. The van der Waals surface area contributed by atoms with Crippen molar-refractivity contribution in [1.29, 1.82) is 0 Å². The summed E-state index contributed by atoms with van der Waals surface area (Å²) >= 11 is 1.85. The Morgan fingerprint density at radius 3 is 2.60 bits per heavy atom. The van der Waals surface area contributed by atoms with Gasteiger partial charge in [-0.05, 0) is 42.4 Å². The van der Waals surface area contributed by atoms with Crippen LogP contribution in [0.4, 0.5) is 0 Å². The number of hydrogen-bond acceptors (Lipinski definition) is 4. The Bertz CT molecular complexity index is 531. The molecule has 0 fully saturated rings. The Labute approximate surface area is 123 Å². The van der Waals surface area contributed by atoms with Crippen molar-refractivity contribution in [2.24, 2.45) is 0 Å². The minimum Gasteiger partial charge on any atom is -0.303 e. The van der Waals surface area contributed by atoms with Crippen LogP contribution in [0.1, 0.15) is 25.7 Å². The number of pyridine rings is 2. The van der Waals surface area contributed by atoms with E-state index in [-0.39, 0.29) is 0 Å². The lowest BCUT2D eigenvalue weighted by molar-refractivity contribution is -0.107. The molecule has 4 heteroatoms. The van der Waals surface area contributed by atoms with Gasteiger partial charge in [-0.3, -0.25) is 9.97 Å². The van der Waals surface area contributed by atoms with Crippen molar-refractivity contribution in [3.63, 3.8) is 0 Å². The summed E-state index contributed by atoms with van der Waals surface area (Å²) in [6.07, 6.45) is 12.3. The normalized spacial score (nSPS) is 10.4. The first-order valence-electron chi connectivity index (χ1n) is 6.82. The lowest BCUT2D eigenvalue weighted by Gasteiger charge is -2.08. The molecule has 0 aliphatic heterocycles. The summed E-state index contributed by atoms with van der Waals surface area (Å²) in [7, 11) is 0. The van der Waals surface area contributed by atoms with E-state index in [4.69, 9.17) is 0 Å². The van der Waals surface area contributed by atoms with Gasteiger partial charge in [0, 0.05) is 41.7 Å². The molecule has 0 unspecified atom stereocenters. The van der Waals surface area contributed by atoms with Crippen molar-refractivity contribution >= 4 is 18.0 Å². The van der Waals surface area contributed by atoms with E-state index in [0.29, 0.717) is 6.42 Å². The van der Waals surface area contributed by atoms with Crippen molar-refractivity contribution in [3.8, 4) is 11.1 Å². The molecule has 20 heavy (non-hydrogen) atoms. The number of carbonyl (C=O) groups excluding carboxylic acids is 1. The summed E-state index contributed by atoms with van der Waals surface area (Å²) in [5, 5.41) is 0. The summed E-state index contributed by atoms with van der Waals surface area (Å²) in [5.41, 5.74) is 2.31. The van der Waals surface area contributed by atoms with Crippen LogP contribution in [0.15, 0.2) is 47.9 Å². The second-order valence-electron chi connectivity index (χ2n) is 4.47. The molecule has 0 bridgehead atoms. The third-order valence-electron chi connectivity index (χ3n) is 3.00. The first kappa shape index (κ1) is 14.7. The van der Waals surface area contributed by atoms with Crippen LogP contribution in [0.3, 0.4) is 0 Å². The number of hydrogen-bond donors (Lipinski definition) is 0. The van der Waals surface area contributed by atoms with Gasteiger partial charge >= 0.3 is 0 Å². The van der Waals surface area contributed by atoms with Gasteiger partial charge in [0.05, 0.1) is 0 Å². The molecule has 0 saturated carbocycles. The highest BCUT2D eigenvalue weighted by Crippen LogP contribution is 2.30. The quantitative estimate of drug-likeness (QED) is 0.418. The minimum absolute atomic E-state index is 0.683. The zero-order chi connectivity index (χ0) is 14.0. The number of aldehydes is 1. The van der Waals surface area contributed by atoms with Crippen molar-refractivity contribution in [3.05, 3.63) is 43.0 Å². The second-order valence-corrected chi connectivity index (χ2v) is 5.61. The van der Waals surface area contributed by atoms with Gasteiger partial charge in [-0.1, -0.05) is 6.42 Å². The predicted molar refractivity (Wildman–Crippen MR) is 82.7 cm³/mol. The van der Waals surface area contributed by atoms with Crippen LogP contribution in [-0.2, 0) is 4.79 Å². The fraction of sp³-hybridized carbons (Fsp3) is 0.312. The molecule has 3 nitrogen and oxygen atoms in total. The summed E-state index contributed by atoms with van der Waals surface area (Å²) < 4.78 is 0. The molecular formula is C16H18N2OS. The first-order valence-corrected chi connectivity index (χ1v) is 7.81. The van der Waals surface area contributed by atoms with E-state index in [1.54, 1.807) is 12.4 Å².